The van der Waals surface area contributed by atoms with Gasteiger partial charge in [0.1, 0.15) is 17.6 Å². The quantitative estimate of drug-likeness (QED) is 0.100. The molecule has 0 amide bonds. The fraction of sp³-hybridized carbons (Fsp3) is 0.160. The number of hydrogen-bond acceptors (Lipinski definition) is 9. The number of aliphatic carboxylic acids is 1. The SMILES string of the molecule is COc1cc(OC)c(F)c([C@H](Nc2ccc(C(=N)N)cc2)c2nn(-c3ncccc3N)c(=O)[nH]2)c1.O=C(O)C(F)(F)F. The number of nitrogens with two attached hydrogens (primary N) is 2. The molecule has 2 aromatic heterocycles. The van der Waals surface area contributed by atoms with E-state index >= 15 is 4.39 Å². The molecule has 2 heterocycles. The molecule has 13 nitrogen and oxygen atoms in total. The number of ether oxygens (including phenoxy) is 2. The van der Waals surface area contributed by atoms with E-state index in [1.165, 1.54) is 32.5 Å². The Kier molecular flexibility index (Phi) is 9.36. The number of aromatic nitrogens is 4. The van der Waals surface area contributed by atoms with Crippen LogP contribution in [0.15, 0.2) is 59.5 Å². The zero-order valence-corrected chi connectivity index (χ0v) is 21.9. The number of anilines is 2. The lowest BCUT2D eigenvalue weighted by Gasteiger charge is -2.21. The Labute approximate surface area is 234 Å². The number of carboxylic acid groups (broad SMARTS) is 1. The summed E-state index contributed by atoms with van der Waals surface area (Å²) in [4.78, 5) is 28.5. The van der Waals surface area contributed by atoms with E-state index in [9.17, 15) is 18.0 Å². The maximum absolute atomic E-state index is 15.5. The van der Waals surface area contributed by atoms with Gasteiger partial charge >= 0.3 is 17.8 Å². The lowest BCUT2D eigenvalue weighted by atomic mass is 10.0. The summed E-state index contributed by atoms with van der Waals surface area (Å²) in [5.41, 5.74) is 12.3. The van der Waals surface area contributed by atoms with E-state index in [4.69, 9.17) is 36.3 Å². The molecule has 8 N–H and O–H groups in total. The normalized spacial score (nSPS) is 11.6. The number of benzene rings is 2. The molecule has 17 heteroatoms. The molecule has 4 rings (SSSR count). The van der Waals surface area contributed by atoms with Crippen molar-refractivity contribution < 1.29 is 36.9 Å². The Morgan fingerprint density at radius 1 is 1.17 bits per heavy atom. The van der Waals surface area contributed by atoms with Gasteiger partial charge < -0.3 is 31.4 Å². The number of nitrogens with zero attached hydrogens (tertiary/aromatic N) is 3. The number of nitrogen functional groups attached to an aromatic ring is 2. The molecule has 0 bridgehead atoms. The van der Waals surface area contributed by atoms with Crippen LogP contribution in [0.4, 0.5) is 28.9 Å². The highest BCUT2D eigenvalue weighted by atomic mass is 19.4. The number of rotatable bonds is 8. The highest BCUT2D eigenvalue weighted by Crippen LogP contribution is 2.34. The van der Waals surface area contributed by atoms with Crippen molar-refractivity contribution in [2.75, 3.05) is 25.3 Å². The average Bonchev–Trinajstić information content (AvgIpc) is 3.33. The van der Waals surface area contributed by atoms with Crippen LogP contribution in [0.1, 0.15) is 23.0 Å². The highest BCUT2D eigenvalue weighted by Gasteiger charge is 2.38. The number of hydrogen-bond donors (Lipinski definition) is 6. The van der Waals surface area contributed by atoms with Gasteiger partial charge in [0.2, 0.25) is 0 Å². The Balaban J connectivity index is 0.000000616. The van der Waals surface area contributed by atoms with E-state index in [-0.39, 0.29) is 34.5 Å². The fourth-order valence-corrected chi connectivity index (χ4v) is 3.48. The minimum atomic E-state index is -5.08. The Hall–Kier alpha value is -5.61. The fourth-order valence-electron chi connectivity index (χ4n) is 3.48. The number of alkyl halides is 3. The van der Waals surface area contributed by atoms with Crippen LogP contribution in [0.3, 0.4) is 0 Å². The van der Waals surface area contributed by atoms with Gasteiger partial charge in [0.25, 0.3) is 0 Å². The third-order valence-corrected chi connectivity index (χ3v) is 5.48. The van der Waals surface area contributed by atoms with Gasteiger partial charge in [-0.05, 0) is 42.5 Å². The van der Waals surface area contributed by atoms with Crippen molar-refractivity contribution in [1.82, 2.24) is 19.7 Å². The summed E-state index contributed by atoms with van der Waals surface area (Å²) in [5.74, 6) is -3.00. The smallest absolute Gasteiger partial charge is 0.490 e. The largest absolute Gasteiger partial charge is 0.497 e. The first-order valence-electron chi connectivity index (χ1n) is 11.6. The molecule has 0 spiro atoms. The van der Waals surface area contributed by atoms with Gasteiger partial charge in [-0.3, -0.25) is 10.4 Å². The Morgan fingerprint density at radius 3 is 2.33 bits per heavy atom. The van der Waals surface area contributed by atoms with Crippen molar-refractivity contribution in [2.45, 2.75) is 12.2 Å². The van der Waals surface area contributed by atoms with Gasteiger partial charge in [-0.15, -0.1) is 5.10 Å². The number of H-pyrrole nitrogens is 1. The van der Waals surface area contributed by atoms with Crippen molar-refractivity contribution >= 4 is 23.2 Å². The number of carboxylic acids is 1. The van der Waals surface area contributed by atoms with Crippen LogP contribution in [0.25, 0.3) is 5.82 Å². The lowest BCUT2D eigenvalue weighted by Crippen LogP contribution is -2.21. The molecule has 222 valence electrons. The van der Waals surface area contributed by atoms with Crippen LogP contribution in [0, 0.1) is 11.2 Å². The first-order chi connectivity index (χ1) is 19.8. The lowest BCUT2D eigenvalue weighted by molar-refractivity contribution is -0.192. The molecule has 0 saturated heterocycles. The zero-order valence-electron chi connectivity index (χ0n) is 21.9. The second-order valence-electron chi connectivity index (χ2n) is 8.25. The molecule has 4 aromatic rings. The number of pyridine rings is 1. The van der Waals surface area contributed by atoms with Crippen LogP contribution in [-0.2, 0) is 4.79 Å². The summed E-state index contributed by atoms with van der Waals surface area (Å²) in [7, 11) is 2.78. The molecular weight excluding hydrogens is 568 g/mol. The standard InChI is InChI=1S/C23H23FN8O3.C2HF3O2/c1-34-14-10-15(18(24)17(11-14)35-2)19(29-13-7-5-12(6-8-13)20(26)27)21-30-23(33)32(31-21)22-16(25)4-3-9-28-22;3-2(4,5)1(6)7/h3-11,19,29H,25H2,1-2H3,(H3,26,27)(H,30,31,33);(H,6,7)/t19-;/m0./s1. The summed E-state index contributed by atoms with van der Waals surface area (Å²) in [6.07, 6.45) is -3.61. The van der Waals surface area contributed by atoms with Gasteiger partial charge in [-0.2, -0.15) is 17.9 Å². The van der Waals surface area contributed by atoms with Crippen LogP contribution >= 0.6 is 0 Å². The molecule has 2 aromatic carbocycles. The first-order valence-corrected chi connectivity index (χ1v) is 11.6. The average molecular weight is 593 g/mol. The summed E-state index contributed by atoms with van der Waals surface area (Å²) in [5, 5.41) is 22.2. The summed E-state index contributed by atoms with van der Waals surface area (Å²) in [6, 6.07) is 11.7. The molecule has 0 saturated carbocycles. The van der Waals surface area contributed by atoms with Crippen molar-refractivity contribution in [3.05, 3.63) is 88.0 Å². The topological polar surface area (TPSA) is 207 Å². The number of amidine groups is 1. The van der Waals surface area contributed by atoms with E-state index in [2.05, 4.69) is 20.4 Å². The Morgan fingerprint density at radius 2 is 1.81 bits per heavy atom. The molecule has 0 fully saturated rings. The second-order valence-corrected chi connectivity index (χ2v) is 8.25. The molecule has 42 heavy (non-hydrogen) atoms. The third-order valence-electron chi connectivity index (χ3n) is 5.48. The van der Waals surface area contributed by atoms with E-state index < -0.39 is 29.7 Å². The van der Waals surface area contributed by atoms with Gasteiger partial charge in [0.05, 0.1) is 19.9 Å². The molecule has 0 radical (unpaired) electrons. The molecule has 0 aliphatic rings. The highest BCUT2D eigenvalue weighted by molar-refractivity contribution is 5.95. The van der Waals surface area contributed by atoms with Crippen LogP contribution in [-0.4, -0.2) is 57.1 Å². The van der Waals surface area contributed by atoms with Gasteiger partial charge in [-0.1, -0.05) is 0 Å². The monoisotopic (exact) mass is 592 g/mol. The minimum Gasteiger partial charge on any atom is -0.497 e. The maximum Gasteiger partial charge on any atom is 0.490 e. The predicted molar refractivity (Wildman–Crippen MR) is 143 cm³/mol. The van der Waals surface area contributed by atoms with Crippen molar-refractivity contribution in [2.24, 2.45) is 5.73 Å². The van der Waals surface area contributed by atoms with E-state index in [1.807, 2.05) is 0 Å². The number of halogens is 4. The Bertz CT molecular complexity index is 1640. The van der Waals surface area contributed by atoms with Gasteiger partial charge in [0.15, 0.2) is 23.2 Å². The number of carbonyl (C=O) groups is 1. The summed E-state index contributed by atoms with van der Waals surface area (Å²) < 4.78 is 58.7. The first kappa shape index (κ1) is 30.9. The number of methoxy groups -OCH3 is 2. The van der Waals surface area contributed by atoms with E-state index in [0.29, 0.717) is 17.0 Å². The zero-order chi connectivity index (χ0) is 31.2. The number of aromatic amines is 1. The third kappa shape index (κ3) is 7.12. The molecule has 0 unspecified atom stereocenters. The maximum atomic E-state index is 15.5. The summed E-state index contributed by atoms with van der Waals surface area (Å²) >= 11 is 0. The number of nitrogens with one attached hydrogen (secondary N) is 3. The van der Waals surface area contributed by atoms with E-state index in [0.717, 1.165) is 4.68 Å². The molecular formula is C25H24F4N8O5. The van der Waals surface area contributed by atoms with E-state index in [1.54, 1.807) is 36.4 Å². The molecule has 1 atom stereocenters. The summed E-state index contributed by atoms with van der Waals surface area (Å²) in [6.45, 7) is 0. The molecule has 0 aliphatic heterocycles. The van der Waals surface area contributed by atoms with Crippen LogP contribution in [0.2, 0.25) is 0 Å². The predicted octanol–water partition coefficient (Wildman–Crippen LogP) is 2.81. The molecule has 0 aliphatic carbocycles. The van der Waals surface area contributed by atoms with Crippen LogP contribution < -0.4 is 31.9 Å². The van der Waals surface area contributed by atoms with Crippen LogP contribution in [0.5, 0.6) is 11.5 Å². The van der Waals surface area contributed by atoms with Gasteiger partial charge in [-0.25, -0.2) is 19.0 Å². The van der Waals surface area contributed by atoms with Crippen molar-refractivity contribution in [3.63, 3.8) is 0 Å². The minimum absolute atomic E-state index is 0.0474. The van der Waals surface area contributed by atoms with Crippen molar-refractivity contribution in [3.8, 4) is 17.3 Å². The second kappa shape index (κ2) is 12.7. The van der Waals surface area contributed by atoms with Crippen molar-refractivity contribution in [1.29, 1.82) is 5.41 Å². The van der Waals surface area contributed by atoms with Gasteiger partial charge in [0, 0.05) is 29.1 Å².